The predicted octanol–water partition coefficient (Wildman–Crippen LogP) is 6.61. The van der Waals surface area contributed by atoms with Crippen molar-refractivity contribution < 1.29 is 19.1 Å². The zero-order valence-electron chi connectivity index (χ0n) is 21.9. The van der Waals surface area contributed by atoms with Gasteiger partial charge in [-0.2, -0.15) is 0 Å². The molecular weight excluding hydrogens is 450 g/mol. The zero-order valence-corrected chi connectivity index (χ0v) is 21.9. The van der Waals surface area contributed by atoms with Gasteiger partial charge in [0, 0.05) is 30.5 Å². The maximum Gasteiger partial charge on any atom is 0.343 e. The number of hydrogen-bond donors (Lipinski definition) is 0. The third-order valence-electron chi connectivity index (χ3n) is 6.31. The number of carbonyl (C=O) groups excluding carboxylic acids is 2. The van der Waals surface area contributed by atoms with Gasteiger partial charge in [-0.15, -0.1) is 0 Å². The number of carbonyl (C=O) groups is 2. The van der Waals surface area contributed by atoms with Gasteiger partial charge in [0.25, 0.3) is 0 Å². The van der Waals surface area contributed by atoms with Gasteiger partial charge in [0.15, 0.2) is 0 Å². The topological polar surface area (TPSA) is 55.8 Å². The molecular formula is C31H37NO4. The van der Waals surface area contributed by atoms with Gasteiger partial charge in [-0.25, -0.2) is 4.79 Å². The number of hydrogen-bond acceptors (Lipinski definition) is 5. The lowest BCUT2D eigenvalue weighted by molar-refractivity contribution is -0.142. The molecule has 36 heavy (non-hydrogen) atoms. The van der Waals surface area contributed by atoms with Crippen molar-refractivity contribution in [3.63, 3.8) is 0 Å². The zero-order chi connectivity index (χ0) is 26.1. The predicted molar refractivity (Wildman–Crippen MR) is 143 cm³/mol. The van der Waals surface area contributed by atoms with Crippen LogP contribution in [0.25, 0.3) is 0 Å². The second-order valence-corrected chi connectivity index (χ2v) is 9.59. The first-order valence-corrected chi connectivity index (χ1v) is 12.6. The summed E-state index contributed by atoms with van der Waals surface area (Å²) in [6.45, 7) is 11.3. The molecule has 5 nitrogen and oxygen atoms in total. The molecule has 0 spiro atoms. The number of benzene rings is 3. The van der Waals surface area contributed by atoms with Crippen molar-refractivity contribution >= 4 is 11.9 Å². The lowest BCUT2D eigenvalue weighted by Gasteiger charge is -2.32. The van der Waals surface area contributed by atoms with E-state index in [4.69, 9.17) is 9.47 Å². The summed E-state index contributed by atoms with van der Waals surface area (Å²) >= 11 is 0. The van der Waals surface area contributed by atoms with Crippen molar-refractivity contribution in [2.75, 3.05) is 6.54 Å². The minimum absolute atomic E-state index is 0.0120. The fraction of sp³-hybridized carbons (Fsp3) is 0.355. The van der Waals surface area contributed by atoms with Crippen LogP contribution in [0, 0.1) is 0 Å². The Morgan fingerprint density at radius 2 is 1.44 bits per heavy atom. The van der Waals surface area contributed by atoms with Crippen LogP contribution in [-0.2, 0) is 16.1 Å². The van der Waals surface area contributed by atoms with E-state index >= 15 is 0 Å². The van der Waals surface area contributed by atoms with Crippen molar-refractivity contribution in [2.24, 2.45) is 0 Å². The molecule has 0 saturated carbocycles. The van der Waals surface area contributed by atoms with Gasteiger partial charge in [-0.05, 0) is 76.1 Å². The van der Waals surface area contributed by atoms with E-state index in [1.54, 1.807) is 12.1 Å². The van der Waals surface area contributed by atoms with Crippen LogP contribution in [0.5, 0.6) is 5.75 Å². The van der Waals surface area contributed by atoms with Gasteiger partial charge in [0.05, 0.1) is 5.56 Å². The molecule has 3 rings (SSSR count). The smallest absolute Gasteiger partial charge is 0.343 e. The van der Waals surface area contributed by atoms with Crippen LogP contribution >= 0.6 is 0 Å². The number of ether oxygens (including phenoxy) is 2. The summed E-state index contributed by atoms with van der Waals surface area (Å²) < 4.78 is 11.2. The highest BCUT2D eigenvalue weighted by Crippen LogP contribution is 2.36. The SMILES string of the molecule is CC(=O)OCc1ccc(OC(=O)c2ccccc2)c(C(CCN(C(C)C)C(C)C)c2ccccc2)c1. The lowest BCUT2D eigenvalue weighted by atomic mass is 9.86. The highest BCUT2D eigenvalue weighted by molar-refractivity contribution is 5.91. The van der Waals surface area contributed by atoms with E-state index in [-0.39, 0.29) is 18.5 Å². The van der Waals surface area contributed by atoms with Gasteiger partial charge in [-0.3, -0.25) is 9.69 Å². The molecule has 3 aromatic carbocycles. The van der Waals surface area contributed by atoms with Crippen LogP contribution < -0.4 is 4.74 Å². The van der Waals surface area contributed by atoms with E-state index in [0.29, 0.717) is 23.4 Å². The summed E-state index contributed by atoms with van der Waals surface area (Å²) in [6.07, 6.45) is 0.841. The summed E-state index contributed by atoms with van der Waals surface area (Å²) in [5, 5.41) is 0. The van der Waals surface area contributed by atoms with Gasteiger partial charge < -0.3 is 9.47 Å². The molecule has 0 N–H and O–H groups in total. The van der Waals surface area contributed by atoms with Gasteiger partial charge in [-0.1, -0.05) is 54.6 Å². The number of esters is 2. The van der Waals surface area contributed by atoms with Gasteiger partial charge in [0.2, 0.25) is 0 Å². The van der Waals surface area contributed by atoms with Gasteiger partial charge in [0.1, 0.15) is 12.4 Å². The third kappa shape index (κ3) is 7.53. The van der Waals surface area contributed by atoms with E-state index < -0.39 is 5.97 Å². The molecule has 0 aliphatic rings. The Morgan fingerprint density at radius 3 is 2.03 bits per heavy atom. The summed E-state index contributed by atoms with van der Waals surface area (Å²) in [4.78, 5) is 26.9. The van der Waals surface area contributed by atoms with Crippen LogP contribution in [0.2, 0.25) is 0 Å². The Labute approximate surface area is 215 Å². The number of rotatable bonds is 11. The van der Waals surface area contributed by atoms with E-state index in [0.717, 1.165) is 29.7 Å². The van der Waals surface area contributed by atoms with E-state index in [2.05, 4.69) is 44.7 Å². The molecule has 0 fully saturated rings. The average Bonchev–Trinajstić information content (AvgIpc) is 2.86. The fourth-order valence-corrected chi connectivity index (χ4v) is 4.55. The first-order chi connectivity index (χ1) is 17.3. The quantitative estimate of drug-likeness (QED) is 0.225. The molecule has 1 unspecified atom stereocenters. The maximum atomic E-state index is 13.0. The summed E-state index contributed by atoms with van der Waals surface area (Å²) in [7, 11) is 0. The Bertz CT molecular complexity index is 1120. The Balaban J connectivity index is 2.03. The molecule has 3 aromatic rings. The number of nitrogens with zero attached hydrogens (tertiary/aromatic N) is 1. The molecule has 0 saturated heterocycles. The molecule has 0 aliphatic heterocycles. The van der Waals surface area contributed by atoms with Gasteiger partial charge >= 0.3 is 11.9 Å². The molecule has 1 atom stereocenters. The van der Waals surface area contributed by atoms with E-state index in [1.165, 1.54) is 6.92 Å². The largest absolute Gasteiger partial charge is 0.461 e. The van der Waals surface area contributed by atoms with Crippen LogP contribution in [0.4, 0.5) is 0 Å². The minimum Gasteiger partial charge on any atom is -0.461 e. The highest BCUT2D eigenvalue weighted by Gasteiger charge is 2.24. The monoisotopic (exact) mass is 487 g/mol. The van der Waals surface area contributed by atoms with Crippen LogP contribution in [-0.4, -0.2) is 35.5 Å². The Kier molecular flexibility index (Phi) is 9.83. The van der Waals surface area contributed by atoms with E-state index in [1.807, 2.05) is 54.6 Å². The van der Waals surface area contributed by atoms with Crippen LogP contribution in [0.1, 0.15) is 74.0 Å². The van der Waals surface area contributed by atoms with E-state index in [9.17, 15) is 9.59 Å². The molecule has 0 heterocycles. The van der Waals surface area contributed by atoms with Crippen molar-refractivity contribution in [2.45, 2.75) is 65.6 Å². The fourth-order valence-electron chi connectivity index (χ4n) is 4.55. The molecule has 0 radical (unpaired) electrons. The Morgan fingerprint density at radius 1 is 0.833 bits per heavy atom. The van der Waals surface area contributed by atoms with Crippen molar-refractivity contribution in [1.29, 1.82) is 0 Å². The lowest BCUT2D eigenvalue weighted by Crippen LogP contribution is -2.38. The maximum absolute atomic E-state index is 13.0. The molecule has 5 heteroatoms. The van der Waals surface area contributed by atoms with Crippen molar-refractivity contribution in [3.05, 3.63) is 101 Å². The van der Waals surface area contributed by atoms with Crippen molar-refractivity contribution in [3.8, 4) is 5.75 Å². The summed E-state index contributed by atoms with van der Waals surface area (Å²) in [5.41, 5.74) is 3.40. The molecule has 190 valence electrons. The second-order valence-electron chi connectivity index (χ2n) is 9.59. The Hall–Kier alpha value is -3.44. The minimum atomic E-state index is -0.401. The molecule has 0 aliphatic carbocycles. The summed E-state index contributed by atoms with van der Waals surface area (Å²) in [6, 6.07) is 25.8. The van der Waals surface area contributed by atoms with Crippen molar-refractivity contribution in [1.82, 2.24) is 4.90 Å². The third-order valence-corrected chi connectivity index (χ3v) is 6.31. The molecule has 0 bridgehead atoms. The molecule has 0 amide bonds. The van der Waals surface area contributed by atoms with Crippen LogP contribution in [0.15, 0.2) is 78.9 Å². The highest BCUT2D eigenvalue weighted by atomic mass is 16.5. The first-order valence-electron chi connectivity index (χ1n) is 12.6. The van der Waals surface area contributed by atoms with Crippen LogP contribution in [0.3, 0.4) is 0 Å². The average molecular weight is 488 g/mol. The molecule has 0 aromatic heterocycles. The first kappa shape index (κ1) is 27.2. The second kappa shape index (κ2) is 13.0. The summed E-state index contributed by atoms with van der Waals surface area (Å²) in [5.74, 6) is -0.227. The normalized spacial score (nSPS) is 12.1. The standard InChI is InChI=1S/C31H37NO4/c1-22(2)32(23(3)4)19-18-28(26-12-8-6-9-13-26)29-20-25(21-35-24(5)33)16-17-30(29)36-31(34)27-14-10-7-11-15-27/h6-17,20,22-23,28H,18-19,21H2,1-5H3.